The molecule has 0 aliphatic rings. The Labute approximate surface area is 127 Å². The molecule has 2 rings (SSSR count). The summed E-state index contributed by atoms with van der Waals surface area (Å²) in [5.74, 6) is -0.605. The van der Waals surface area contributed by atoms with Gasteiger partial charge in [0.1, 0.15) is 11.0 Å². The van der Waals surface area contributed by atoms with Gasteiger partial charge in [-0.15, -0.1) is 11.3 Å². The van der Waals surface area contributed by atoms with Crippen molar-refractivity contribution < 1.29 is 17.7 Å². The first kappa shape index (κ1) is 15.7. The number of carbonyl (C=O) groups is 1. The molecular weight excluding hydrogens is 312 g/mol. The number of amides is 1. The summed E-state index contributed by atoms with van der Waals surface area (Å²) in [6.45, 7) is 3.41. The molecule has 0 aromatic carbocycles. The third-order valence-corrected chi connectivity index (χ3v) is 5.80. The summed E-state index contributed by atoms with van der Waals surface area (Å²) in [5, 5.41) is 7.02. The van der Waals surface area contributed by atoms with Crippen LogP contribution in [0.3, 0.4) is 0 Å². The van der Waals surface area contributed by atoms with E-state index < -0.39 is 21.0 Å². The van der Waals surface area contributed by atoms with E-state index in [0.717, 1.165) is 4.88 Å². The Hall–Kier alpha value is -1.67. The topological polar surface area (TPSA) is 89.3 Å². The first-order valence-electron chi connectivity index (χ1n) is 6.32. The van der Waals surface area contributed by atoms with E-state index in [1.807, 2.05) is 17.5 Å². The van der Waals surface area contributed by atoms with Crippen LogP contribution in [0.4, 0.5) is 0 Å². The van der Waals surface area contributed by atoms with E-state index in [2.05, 4.69) is 10.5 Å². The highest BCUT2D eigenvalue weighted by atomic mass is 32.2. The third kappa shape index (κ3) is 4.15. The maximum atomic E-state index is 12.2. The van der Waals surface area contributed by atoms with Gasteiger partial charge in [0, 0.05) is 10.9 Å². The van der Waals surface area contributed by atoms with Gasteiger partial charge in [-0.25, -0.2) is 8.42 Å². The molecule has 1 amide bonds. The fourth-order valence-corrected chi connectivity index (χ4v) is 3.54. The van der Waals surface area contributed by atoms with Gasteiger partial charge in [-0.3, -0.25) is 4.79 Å². The number of nitrogens with zero attached hydrogens (tertiary/aromatic N) is 1. The number of hydrogen-bond donors (Lipinski definition) is 1. The number of sulfone groups is 1. The fraction of sp³-hybridized carbons (Fsp3) is 0.385. The molecule has 114 valence electrons. The van der Waals surface area contributed by atoms with Crippen molar-refractivity contribution in [3.8, 4) is 0 Å². The van der Waals surface area contributed by atoms with E-state index >= 15 is 0 Å². The minimum absolute atomic E-state index is 0.241. The molecule has 0 saturated heterocycles. The highest BCUT2D eigenvalue weighted by molar-refractivity contribution is 7.92. The van der Waals surface area contributed by atoms with Gasteiger partial charge in [-0.2, -0.15) is 0 Å². The Balaban J connectivity index is 1.96. The quantitative estimate of drug-likeness (QED) is 0.871. The minimum atomic E-state index is -3.63. The second kappa shape index (κ2) is 6.40. The lowest BCUT2D eigenvalue weighted by atomic mass is 10.4. The van der Waals surface area contributed by atoms with Crippen LogP contribution in [0.25, 0.3) is 0 Å². The van der Waals surface area contributed by atoms with Crippen LogP contribution in [0.15, 0.2) is 28.1 Å². The van der Waals surface area contributed by atoms with Crippen molar-refractivity contribution in [3.63, 3.8) is 0 Å². The van der Waals surface area contributed by atoms with E-state index in [-0.39, 0.29) is 11.5 Å². The highest BCUT2D eigenvalue weighted by Crippen LogP contribution is 2.13. The van der Waals surface area contributed by atoms with Crippen LogP contribution in [-0.4, -0.2) is 24.7 Å². The van der Waals surface area contributed by atoms with Crippen LogP contribution in [-0.2, 0) is 26.9 Å². The standard InChI is InChI=1S/C13H16N2O4S2/c1-9-6-11(19-15-9)8-21(17,18)10(2)13(16)14-7-12-4-3-5-20-12/h3-6,10H,7-8H2,1-2H3,(H,14,16). The molecule has 1 atom stereocenters. The molecule has 6 nitrogen and oxygen atoms in total. The van der Waals surface area contributed by atoms with E-state index in [0.29, 0.717) is 12.2 Å². The zero-order valence-corrected chi connectivity index (χ0v) is 13.3. The maximum absolute atomic E-state index is 12.2. The van der Waals surface area contributed by atoms with Gasteiger partial charge >= 0.3 is 0 Å². The minimum Gasteiger partial charge on any atom is -0.360 e. The first-order chi connectivity index (χ1) is 9.88. The van der Waals surface area contributed by atoms with Gasteiger partial charge in [-0.1, -0.05) is 11.2 Å². The van der Waals surface area contributed by atoms with Crippen molar-refractivity contribution in [1.29, 1.82) is 0 Å². The van der Waals surface area contributed by atoms with Crippen LogP contribution >= 0.6 is 11.3 Å². The molecular formula is C13H16N2O4S2. The number of carbonyl (C=O) groups excluding carboxylic acids is 1. The zero-order chi connectivity index (χ0) is 15.5. The van der Waals surface area contributed by atoms with Gasteiger partial charge in [0.15, 0.2) is 15.6 Å². The maximum Gasteiger partial charge on any atom is 0.238 e. The van der Waals surface area contributed by atoms with Crippen molar-refractivity contribution in [1.82, 2.24) is 10.5 Å². The lowest BCUT2D eigenvalue weighted by Crippen LogP contribution is -2.37. The molecule has 0 bridgehead atoms. The van der Waals surface area contributed by atoms with Crippen LogP contribution in [0.5, 0.6) is 0 Å². The molecule has 21 heavy (non-hydrogen) atoms. The van der Waals surface area contributed by atoms with Crippen LogP contribution in [0.2, 0.25) is 0 Å². The summed E-state index contributed by atoms with van der Waals surface area (Å²) in [6.07, 6.45) is 0. The molecule has 1 unspecified atom stereocenters. The number of hydrogen-bond acceptors (Lipinski definition) is 6. The Morgan fingerprint density at radius 1 is 1.52 bits per heavy atom. The number of nitrogens with one attached hydrogen (secondary N) is 1. The molecule has 2 aromatic rings. The number of aromatic nitrogens is 1. The first-order valence-corrected chi connectivity index (χ1v) is 8.92. The molecule has 0 aliphatic heterocycles. The predicted octanol–water partition coefficient (Wildman–Crippen LogP) is 1.66. The average molecular weight is 328 g/mol. The van der Waals surface area contributed by atoms with Crippen molar-refractivity contribution in [3.05, 3.63) is 39.9 Å². The zero-order valence-electron chi connectivity index (χ0n) is 11.7. The van der Waals surface area contributed by atoms with Crippen LogP contribution in [0.1, 0.15) is 23.3 Å². The monoisotopic (exact) mass is 328 g/mol. The molecule has 0 aliphatic carbocycles. The molecule has 2 aromatic heterocycles. The Kier molecular flexibility index (Phi) is 4.79. The van der Waals surface area contributed by atoms with Gasteiger partial charge in [0.25, 0.3) is 0 Å². The van der Waals surface area contributed by atoms with Gasteiger partial charge < -0.3 is 9.84 Å². The second-order valence-corrected chi connectivity index (χ2v) is 8.03. The Morgan fingerprint density at radius 3 is 2.86 bits per heavy atom. The predicted molar refractivity (Wildman–Crippen MR) is 79.5 cm³/mol. The van der Waals surface area contributed by atoms with Gasteiger partial charge in [0.2, 0.25) is 5.91 Å². The van der Waals surface area contributed by atoms with Crippen molar-refractivity contribution in [2.75, 3.05) is 0 Å². The van der Waals surface area contributed by atoms with E-state index in [1.54, 1.807) is 13.0 Å². The summed E-state index contributed by atoms with van der Waals surface area (Å²) in [5.41, 5.74) is 0.606. The molecule has 0 fully saturated rings. The lowest BCUT2D eigenvalue weighted by molar-refractivity contribution is -0.120. The summed E-state index contributed by atoms with van der Waals surface area (Å²) in [6, 6.07) is 5.30. The van der Waals surface area contributed by atoms with E-state index in [4.69, 9.17) is 4.52 Å². The number of rotatable bonds is 6. The van der Waals surface area contributed by atoms with Crippen LogP contribution in [0, 0.1) is 6.92 Å². The smallest absolute Gasteiger partial charge is 0.238 e. The largest absolute Gasteiger partial charge is 0.360 e. The molecule has 0 spiro atoms. The van der Waals surface area contributed by atoms with Crippen LogP contribution < -0.4 is 5.32 Å². The Morgan fingerprint density at radius 2 is 2.29 bits per heavy atom. The van der Waals surface area contributed by atoms with Gasteiger partial charge in [-0.05, 0) is 25.3 Å². The molecule has 2 heterocycles. The van der Waals surface area contributed by atoms with Crippen molar-refractivity contribution in [2.45, 2.75) is 31.4 Å². The second-order valence-electron chi connectivity index (χ2n) is 4.68. The van der Waals surface area contributed by atoms with Crippen molar-refractivity contribution >= 4 is 27.1 Å². The molecule has 0 saturated carbocycles. The summed E-state index contributed by atoms with van der Waals surface area (Å²) >= 11 is 1.50. The normalized spacial score (nSPS) is 13.0. The van der Waals surface area contributed by atoms with E-state index in [9.17, 15) is 13.2 Å². The van der Waals surface area contributed by atoms with E-state index in [1.165, 1.54) is 18.3 Å². The number of thiophene rings is 1. The molecule has 0 radical (unpaired) electrons. The highest BCUT2D eigenvalue weighted by Gasteiger charge is 2.29. The fourth-order valence-electron chi connectivity index (χ4n) is 1.70. The van der Waals surface area contributed by atoms with Gasteiger partial charge in [0.05, 0.1) is 12.2 Å². The summed E-state index contributed by atoms with van der Waals surface area (Å²) < 4.78 is 29.2. The SMILES string of the molecule is Cc1cc(CS(=O)(=O)C(C)C(=O)NCc2cccs2)on1. The molecule has 1 N–H and O–H groups in total. The average Bonchev–Trinajstić information content (AvgIpc) is 3.06. The molecule has 8 heteroatoms. The summed E-state index contributed by atoms with van der Waals surface area (Å²) in [4.78, 5) is 12.9. The Bertz CT molecular complexity index is 704. The lowest BCUT2D eigenvalue weighted by Gasteiger charge is -2.11. The third-order valence-electron chi connectivity index (χ3n) is 2.95. The number of aryl methyl sites for hydroxylation is 1. The summed E-state index contributed by atoms with van der Waals surface area (Å²) in [7, 11) is -3.63. The van der Waals surface area contributed by atoms with Crippen molar-refractivity contribution in [2.24, 2.45) is 0 Å².